The molecule has 1 aliphatic rings. The van der Waals surface area contributed by atoms with E-state index in [9.17, 15) is 9.90 Å². The first-order valence-electron chi connectivity index (χ1n) is 9.51. The summed E-state index contributed by atoms with van der Waals surface area (Å²) in [5.74, 6) is 6.18. The van der Waals surface area contributed by atoms with Gasteiger partial charge in [-0.25, -0.2) is 4.79 Å². The van der Waals surface area contributed by atoms with Crippen LogP contribution >= 0.6 is 0 Å². The fraction of sp³-hybridized carbons (Fsp3) is 0.348. The van der Waals surface area contributed by atoms with Crippen molar-refractivity contribution in [2.75, 3.05) is 24.5 Å². The van der Waals surface area contributed by atoms with Gasteiger partial charge in [-0.2, -0.15) is 0 Å². The molecule has 2 atom stereocenters. The van der Waals surface area contributed by atoms with Crippen molar-refractivity contribution in [1.29, 1.82) is 0 Å². The maximum Gasteiger partial charge on any atom is 0.410 e. The van der Waals surface area contributed by atoms with Gasteiger partial charge in [0.2, 0.25) is 0 Å². The number of ether oxygens (including phenoxy) is 1. The Morgan fingerprint density at radius 1 is 1.18 bits per heavy atom. The third-order valence-corrected chi connectivity index (χ3v) is 4.86. The zero-order valence-corrected chi connectivity index (χ0v) is 16.3. The van der Waals surface area contributed by atoms with Crippen LogP contribution in [0.4, 0.5) is 10.5 Å². The van der Waals surface area contributed by atoms with Crippen LogP contribution in [0.5, 0.6) is 0 Å². The summed E-state index contributed by atoms with van der Waals surface area (Å²) in [6.07, 6.45) is -0.799. The van der Waals surface area contributed by atoms with E-state index in [0.717, 1.165) is 16.8 Å². The van der Waals surface area contributed by atoms with Crippen molar-refractivity contribution in [2.45, 2.75) is 32.6 Å². The summed E-state index contributed by atoms with van der Waals surface area (Å²) in [6, 6.07) is 17.4. The number of hydrogen-bond acceptors (Lipinski definition) is 4. The molecule has 0 spiro atoms. The summed E-state index contributed by atoms with van der Waals surface area (Å²) in [6.45, 7) is 5.57. The Hall–Kier alpha value is -2.97. The molecule has 5 heteroatoms. The molecule has 2 aromatic rings. The van der Waals surface area contributed by atoms with E-state index in [-0.39, 0.29) is 18.7 Å². The lowest BCUT2D eigenvalue weighted by molar-refractivity contribution is 0.0916. The highest BCUT2D eigenvalue weighted by Crippen LogP contribution is 2.23. The van der Waals surface area contributed by atoms with E-state index in [1.807, 2.05) is 54.6 Å². The standard InChI is InChI=1S/C23H26N2O3/c1-3-7-22-16-24(23(27)28-17-19-8-5-4-6-9-19)14-15-25(22)21-12-10-20(11-13-21)18(2)26/h4-6,8-13,18,22,26H,14-17H2,1-2H3. The molecule has 1 heterocycles. The summed E-state index contributed by atoms with van der Waals surface area (Å²) >= 11 is 0. The third-order valence-electron chi connectivity index (χ3n) is 4.86. The van der Waals surface area contributed by atoms with Crippen LogP contribution in [0.25, 0.3) is 0 Å². The van der Waals surface area contributed by atoms with Crippen LogP contribution < -0.4 is 4.90 Å². The Morgan fingerprint density at radius 2 is 1.89 bits per heavy atom. The average molecular weight is 378 g/mol. The van der Waals surface area contributed by atoms with Crippen LogP contribution in [0, 0.1) is 11.8 Å². The molecule has 0 radical (unpaired) electrons. The lowest BCUT2D eigenvalue weighted by Gasteiger charge is -2.40. The first-order valence-corrected chi connectivity index (χ1v) is 9.51. The van der Waals surface area contributed by atoms with Gasteiger partial charge in [0.05, 0.1) is 12.6 Å². The van der Waals surface area contributed by atoms with Crippen LogP contribution in [-0.2, 0) is 11.3 Å². The Morgan fingerprint density at radius 3 is 2.54 bits per heavy atom. The number of carbonyl (C=O) groups excluding carboxylic acids is 1. The molecule has 146 valence electrons. The fourth-order valence-corrected chi connectivity index (χ4v) is 3.30. The molecular weight excluding hydrogens is 352 g/mol. The monoisotopic (exact) mass is 378 g/mol. The van der Waals surface area contributed by atoms with E-state index < -0.39 is 6.10 Å². The van der Waals surface area contributed by atoms with E-state index in [1.165, 1.54) is 0 Å². The van der Waals surface area contributed by atoms with Crippen molar-refractivity contribution in [3.63, 3.8) is 0 Å². The van der Waals surface area contributed by atoms with E-state index in [1.54, 1.807) is 18.7 Å². The van der Waals surface area contributed by atoms with Gasteiger partial charge in [0, 0.05) is 18.8 Å². The number of carbonyl (C=O) groups is 1. The molecule has 1 fully saturated rings. The minimum atomic E-state index is -0.489. The molecule has 0 aromatic heterocycles. The number of nitrogens with zero attached hydrogens (tertiary/aromatic N) is 2. The molecule has 1 amide bonds. The second-order valence-corrected chi connectivity index (χ2v) is 6.86. The van der Waals surface area contributed by atoms with Gasteiger partial charge >= 0.3 is 6.09 Å². The zero-order chi connectivity index (χ0) is 19.9. The van der Waals surface area contributed by atoms with Crippen LogP contribution in [0.15, 0.2) is 54.6 Å². The van der Waals surface area contributed by atoms with Crippen LogP contribution in [0.3, 0.4) is 0 Å². The minimum Gasteiger partial charge on any atom is -0.445 e. The van der Waals surface area contributed by atoms with Gasteiger partial charge in [0.1, 0.15) is 12.6 Å². The molecule has 2 unspecified atom stereocenters. The van der Waals surface area contributed by atoms with Crippen LogP contribution in [0.1, 0.15) is 31.1 Å². The topological polar surface area (TPSA) is 53.0 Å². The molecule has 0 saturated carbocycles. The Labute approximate surface area is 166 Å². The maximum absolute atomic E-state index is 12.5. The first kappa shape index (κ1) is 19.8. The van der Waals surface area contributed by atoms with Gasteiger partial charge in [-0.1, -0.05) is 48.4 Å². The van der Waals surface area contributed by atoms with Crippen molar-refractivity contribution in [2.24, 2.45) is 0 Å². The predicted octanol–water partition coefficient (Wildman–Crippen LogP) is 3.59. The molecule has 0 aliphatic carbocycles. The molecule has 2 aromatic carbocycles. The highest BCUT2D eigenvalue weighted by molar-refractivity contribution is 5.68. The Bertz CT molecular complexity index is 838. The molecule has 28 heavy (non-hydrogen) atoms. The van der Waals surface area contributed by atoms with E-state index in [2.05, 4.69) is 16.7 Å². The number of benzene rings is 2. The van der Waals surface area contributed by atoms with Crippen molar-refractivity contribution in [3.05, 3.63) is 65.7 Å². The smallest absolute Gasteiger partial charge is 0.410 e. The normalized spacial score (nSPS) is 17.5. The number of anilines is 1. The number of aliphatic hydroxyl groups is 1. The maximum atomic E-state index is 12.5. The number of piperazine rings is 1. The van der Waals surface area contributed by atoms with Crippen molar-refractivity contribution in [1.82, 2.24) is 4.90 Å². The van der Waals surface area contributed by atoms with Gasteiger partial charge < -0.3 is 19.6 Å². The van der Waals surface area contributed by atoms with E-state index >= 15 is 0 Å². The molecule has 1 N–H and O–H groups in total. The summed E-state index contributed by atoms with van der Waals surface area (Å²) in [5.41, 5.74) is 2.89. The van der Waals surface area contributed by atoms with Gasteiger partial charge in [0.15, 0.2) is 0 Å². The van der Waals surface area contributed by atoms with Gasteiger partial charge in [0.25, 0.3) is 0 Å². The third kappa shape index (κ3) is 4.85. The highest BCUT2D eigenvalue weighted by Gasteiger charge is 2.29. The fourth-order valence-electron chi connectivity index (χ4n) is 3.30. The summed E-state index contributed by atoms with van der Waals surface area (Å²) in [7, 11) is 0. The molecule has 3 rings (SSSR count). The first-order chi connectivity index (χ1) is 13.6. The van der Waals surface area contributed by atoms with Gasteiger partial charge in [-0.15, -0.1) is 5.92 Å². The predicted molar refractivity (Wildman–Crippen MR) is 110 cm³/mol. The molecule has 1 aliphatic heterocycles. The number of rotatable bonds is 4. The lowest BCUT2D eigenvalue weighted by atomic mass is 10.1. The molecule has 0 bridgehead atoms. The quantitative estimate of drug-likeness (QED) is 0.826. The number of amides is 1. The number of hydrogen-bond donors (Lipinski definition) is 1. The lowest BCUT2D eigenvalue weighted by Crippen LogP contribution is -2.54. The summed E-state index contributed by atoms with van der Waals surface area (Å²) in [5, 5.41) is 9.70. The van der Waals surface area contributed by atoms with Gasteiger partial charge in [-0.3, -0.25) is 0 Å². The van der Waals surface area contributed by atoms with E-state index in [0.29, 0.717) is 19.6 Å². The average Bonchev–Trinajstić information content (AvgIpc) is 2.73. The van der Waals surface area contributed by atoms with Crippen LogP contribution in [0.2, 0.25) is 0 Å². The second kappa shape index (κ2) is 9.29. The molecular formula is C23H26N2O3. The largest absolute Gasteiger partial charge is 0.445 e. The van der Waals surface area contributed by atoms with Crippen LogP contribution in [-0.4, -0.2) is 41.8 Å². The zero-order valence-electron chi connectivity index (χ0n) is 16.3. The second-order valence-electron chi connectivity index (χ2n) is 6.86. The Kier molecular flexibility index (Phi) is 6.57. The molecule has 5 nitrogen and oxygen atoms in total. The molecule has 1 saturated heterocycles. The minimum absolute atomic E-state index is 0.0968. The number of aliphatic hydroxyl groups excluding tert-OH is 1. The van der Waals surface area contributed by atoms with Crippen molar-refractivity contribution >= 4 is 11.8 Å². The van der Waals surface area contributed by atoms with E-state index in [4.69, 9.17) is 4.74 Å². The van der Waals surface area contributed by atoms with Crippen molar-refractivity contribution < 1.29 is 14.6 Å². The summed E-state index contributed by atoms with van der Waals surface area (Å²) < 4.78 is 5.47. The SMILES string of the molecule is CC#CC1CN(C(=O)OCc2ccccc2)CCN1c1ccc(C(C)O)cc1. The van der Waals surface area contributed by atoms with Crippen molar-refractivity contribution in [3.8, 4) is 11.8 Å². The Balaban J connectivity index is 1.64. The van der Waals surface area contributed by atoms with Gasteiger partial charge in [-0.05, 0) is 37.1 Å². The summed E-state index contributed by atoms with van der Waals surface area (Å²) in [4.78, 5) is 16.4. The highest BCUT2D eigenvalue weighted by atomic mass is 16.6.